The van der Waals surface area contributed by atoms with Gasteiger partial charge < -0.3 is 10.0 Å². The third kappa shape index (κ3) is 3.61. The fourth-order valence-corrected chi connectivity index (χ4v) is 2.74. The van der Waals surface area contributed by atoms with Crippen LogP contribution in [0, 0.1) is 0 Å². The Hall–Kier alpha value is -0.780. The molecule has 1 amide bonds. The zero-order chi connectivity index (χ0) is 13.8. The lowest BCUT2D eigenvalue weighted by molar-refractivity contribution is 0.0641. The van der Waals surface area contributed by atoms with Crippen molar-refractivity contribution in [3.05, 3.63) is 28.2 Å². The molecule has 104 valence electrons. The molecular formula is C13H16BrClN2O2. The SMILES string of the molecule is O=C(c1cc(Br)ccc1O)N1CCN(CCCl)CC1. The number of aromatic hydroxyl groups is 1. The fourth-order valence-electron chi connectivity index (χ4n) is 2.14. The first-order chi connectivity index (χ1) is 9.11. The smallest absolute Gasteiger partial charge is 0.257 e. The van der Waals surface area contributed by atoms with Gasteiger partial charge in [0.2, 0.25) is 0 Å². The summed E-state index contributed by atoms with van der Waals surface area (Å²) in [5, 5.41) is 9.78. The monoisotopic (exact) mass is 346 g/mol. The maximum Gasteiger partial charge on any atom is 0.257 e. The van der Waals surface area contributed by atoms with Gasteiger partial charge in [0, 0.05) is 43.1 Å². The number of hydrogen-bond donors (Lipinski definition) is 1. The van der Waals surface area contributed by atoms with E-state index in [-0.39, 0.29) is 11.7 Å². The number of piperazine rings is 1. The van der Waals surface area contributed by atoms with Crippen molar-refractivity contribution in [1.82, 2.24) is 9.80 Å². The third-order valence-electron chi connectivity index (χ3n) is 3.25. The van der Waals surface area contributed by atoms with E-state index in [1.165, 1.54) is 6.07 Å². The van der Waals surface area contributed by atoms with Crippen molar-refractivity contribution >= 4 is 33.4 Å². The highest BCUT2D eigenvalue weighted by atomic mass is 79.9. The van der Waals surface area contributed by atoms with Crippen LogP contribution in [0.3, 0.4) is 0 Å². The summed E-state index contributed by atoms with van der Waals surface area (Å²) >= 11 is 9.02. The number of carbonyl (C=O) groups excluding carboxylic acids is 1. The van der Waals surface area contributed by atoms with Crippen LogP contribution in [-0.4, -0.2) is 59.4 Å². The number of halogens is 2. The number of phenols is 1. The molecule has 1 aromatic carbocycles. The number of nitrogens with zero attached hydrogens (tertiary/aromatic N) is 2. The highest BCUT2D eigenvalue weighted by Gasteiger charge is 2.23. The molecule has 0 spiro atoms. The van der Waals surface area contributed by atoms with Crippen molar-refractivity contribution in [1.29, 1.82) is 0 Å². The number of alkyl halides is 1. The van der Waals surface area contributed by atoms with Gasteiger partial charge in [0.15, 0.2) is 0 Å². The largest absolute Gasteiger partial charge is 0.507 e. The van der Waals surface area contributed by atoms with Gasteiger partial charge in [-0.3, -0.25) is 9.69 Å². The predicted molar refractivity (Wildman–Crippen MR) is 78.9 cm³/mol. The van der Waals surface area contributed by atoms with E-state index in [1.54, 1.807) is 17.0 Å². The highest BCUT2D eigenvalue weighted by Crippen LogP contribution is 2.23. The number of benzene rings is 1. The Balaban J connectivity index is 2.03. The topological polar surface area (TPSA) is 43.8 Å². The molecule has 0 radical (unpaired) electrons. The van der Waals surface area contributed by atoms with Crippen LogP contribution in [0.5, 0.6) is 5.75 Å². The molecule has 1 aliphatic rings. The summed E-state index contributed by atoms with van der Waals surface area (Å²) < 4.78 is 0.787. The highest BCUT2D eigenvalue weighted by molar-refractivity contribution is 9.10. The van der Waals surface area contributed by atoms with E-state index in [0.29, 0.717) is 24.5 Å². The van der Waals surface area contributed by atoms with E-state index in [4.69, 9.17) is 11.6 Å². The quantitative estimate of drug-likeness (QED) is 0.852. The molecule has 0 aliphatic carbocycles. The molecule has 2 rings (SSSR count). The van der Waals surface area contributed by atoms with Crippen LogP contribution in [0.1, 0.15) is 10.4 Å². The zero-order valence-electron chi connectivity index (χ0n) is 10.5. The Morgan fingerprint density at radius 3 is 2.63 bits per heavy atom. The van der Waals surface area contributed by atoms with Gasteiger partial charge in [-0.15, -0.1) is 11.6 Å². The molecule has 1 aromatic rings. The second-order valence-electron chi connectivity index (χ2n) is 4.48. The van der Waals surface area contributed by atoms with Crippen molar-refractivity contribution < 1.29 is 9.90 Å². The second kappa shape index (κ2) is 6.59. The molecule has 0 atom stereocenters. The molecule has 19 heavy (non-hydrogen) atoms. The molecule has 0 saturated carbocycles. The fraction of sp³-hybridized carbons (Fsp3) is 0.462. The molecule has 1 heterocycles. The van der Waals surface area contributed by atoms with Crippen molar-refractivity contribution in [2.24, 2.45) is 0 Å². The molecule has 0 bridgehead atoms. The molecule has 1 aliphatic heterocycles. The van der Waals surface area contributed by atoms with E-state index < -0.39 is 0 Å². The van der Waals surface area contributed by atoms with Gasteiger partial charge in [0.05, 0.1) is 5.56 Å². The van der Waals surface area contributed by atoms with Gasteiger partial charge in [-0.2, -0.15) is 0 Å². The van der Waals surface area contributed by atoms with E-state index in [9.17, 15) is 9.90 Å². The van der Waals surface area contributed by atoms with Crippen molar-refractivity contribution in [3.8, 4) is 5.75 Å². The molecule has 1 N–H and O–H groups in total. The lowest BCUT2D eigenvalue weighted by atomic mass is 10.1. The minimum absolute atomic E-state index is 0.0244. The van der Waals surface area contributed by atoms with E-state index in [0.717, 1.165) is 24.1 Å². The Morgan fingerprint density at radius 1 is 1.32 bits per heavy atom. The molecule has 4 nitrogen and oxygen atoms in total. The van der Waals surface area contributed by atoms with Gasteiger partial charge in [0.25, 0.3) is 5.91 Å². The van der Waals surface area contributed by atoms with Crippen LogP contribution in [0.15, 0.2) is 22.7 Å². The first-order valence-corrected chi connectivity index (χ1v) is 7.50. The van der Waals surface area contributed by atoms with Crippen LogP contribution in [0.2, 0.25) is 0 Å². The molecular weight excluding hydrogens is 332 g/mol. The van der Waals surface area contributed by atoms with Crippen LogP contribution in [0.4, 0.5) is 0 Å². The molecule has 1 saturated heterocycles. The number of carbonyl (C=O) groups is 1. The summed E-state index contributed by atoms with van der Waals surface area (Å²) in [5.41, 5.74) is 0.347. The van der Waals surface area contributed by atoms with Gasteiger partial charge >= 0.3 is 0 Å². The van der Waals surface area contributed by atoms with Gasteiger partial charge in [-0.05, 0) is 18.2 Å². The normalized spacial score (nSPS) is 16.6. The van der Waals surface area contributed by atoms with Crippen molar-refractivity contribution in [3.63, 3.8) is 0 Å². The Morgan fingerprint density at radius 2 is 2.00 bits per heavy atom. The number of rotatable bonds is 3. The second-order valence-corrected chi connectivity index (χ2v) is 5.78. The van der Waals surface area contributed by atoms with Crippen LogP contribution in [0.25, 0.3) is 0 Å². The first kappa shape index (κ1) is 14.6. The Bertz CT molecular complexity index is 462. The first-order valence-electron chi connectivity index (χ1n) is 6.18. The molecule has 0 aromatic heterocycles. The van der Waals surface area contributed by atoms with Crippen LogP contribution in [-0.2, 0) is 0 Å². The predicted octanol–water partition coefficient (Wildman–Crippen LogP) is 2.15. The summed E-state index contributed by atoms with van der Waals surface area (Å²) in [7, 11) is 0. The Labute approximate surface area is 126 Å². The summed E-state index contributed by atoms with van der Waals surface area (Å²) in [5.74, 6) is 0.515. The minimum atomic E-state index is -0.121. The molecule has 6 heteroatoms. The standard InChI is InChI=1S/C13H16BrClN2O2/c14-10-1-2-12(18)11(9-10)13(19)17-7-5-16(4-3-15)6-8-17/h1-2,9,18H,3-8H2. The van der Waals surface area contributed by atoms with Crippen molar-refractivity contribution in [2.45, 2.75) is 0 Å². The zero-order valence-corrected chi connectivity index (χ0v) is 12.8. The maximum atomic E-state index is 12.3. The third-order valence-corrected chi connectivity index (χ3v) is 3.91. The van der Waals surface area contributed by atoms with E-state index in [2.05, 4.69) is 20.8 Å². The van der Waals surface area contributed by atoms with Gasteiger partial charge in [0.1, 0.15) is 5.75 Å². The average molecular weight is 348 g/mol. The maximum absolute atomic E-state index is 12.3. The van der Waals surface area contributed by atoms with Crippen LogP contribution >= 0.6 is 27.5 Å². The summed E-state index contributed by atoms with van der Waals surface area (Å²) in [4.78, 5) is 16.3. The summed E-state index contributed by atoms with van der Waals surface area (Å²) in [6.45, 7) is 3.84. The minimum Gasteiger partial charge on any atom is -0.507 e. The lowest BCUT2D eigenvalue weighted by Gasteiger charge is -2.34. The van der Waals surface area contributed by atoms with E-state index in [1.807, 2.05) is 0 Å². The summed E-state index contributed by atoms with van der Waals surface area (Å²) in [6, 6.07) is 4.90. The molecule has 0 unspecified atom stereocenters. The lowest BCUT2D eigenvalue weighted by Crippen LogP contribution is -2.49. The summed E-state index contributed by atoms with van der Waals surface area (Å²) in [6.07, 6.45) is 0. The number of hydrogen-bond acceptors (Lipinski definition) is 3. The number of amides is 1. The van der Waals surface area contributed by atoms with Gasteiger partial charge in [-0.25, -0.2) is 0 Å². The van der Waals surface area contributed by atoms with E-state index >= 15 is 0 Å². The average Bonchev–Trinajstić information content (AvgIpc) is 2.42. The molecule has 1 fully saturated rings. The van der Waals surface area contributed by atoms with Crippen LogP contribution < -0.4 is 0 Å². The Kier molecular flexibility index (Phi) is 5.07. The van der Waals surface area contributed by atoms with Gasteiger partial charge in [-0.1, -0.05) is 15.9 Å². The van der Waals surface area contributed by atoms with Crippen molar-refractivity contribution in [2.75, 3.05) is 38.6 Å². The number of phenolic OH excluding ortho intramolecular Hbond substituents is 1.